The lowest BCUT2D eigenvalue weighted by Gasteiger charge is -2.17. The second-order valence-electron chi connectivity index (χ2n) is 5.82. The van der Waals surface area contributed by atoms with Crippen LogP contribution in [0.1, 0.15) is 43.5 Å². The van der Waals surface area contributed by atoms with Crippen LogP contribution < -0.4 is 5.32 Å². The third-order valence-electron chi connectivity index (χ3n) is 4.06. The fourth-order valence-corrected chi connectivity index (χ4v) is 2.56. The zero-order valence-electron chi connectivity index (χ0n) is 12.1. The van der Waals surface area contributed by atoms with Crippen LogP contribution in [0.2, 0.25) is 0 Å². The molecule has 3 heteroatoms. The number of rotatable bonds is 7. The molecule has 1 saturated carbocycles. The van der Waals surface area contributed by atoms with Crippen molar-refractivity contribution in [3.63, 3.8) is 0 Å². The standard InChI is InChI=1S/C17H23N3/c1-14(7-8-15-5-3-2-4-6-15)20-13-18-11-17(20)12-19-16-9-10-16/h2-6,11,13-14,16,19H,7-10,12H2,1H3. The normalized spacial score (nSPS) is 16.2. The molecule has 1 aromatic heterocycles. The molecule has 20 heavy (non-hydrogen) atoms. The average Bonchev–Trinajstić information content (AvgIpc) is 3.20. The Hall–Kier alpha value is -1.61. The molecular weight excluding hydrogens is 246 g/mol. The summed E-state index contributed by atoms with van der Waals surface area (Å²) in [5, 5.41) is 3.57. The van der Waals surface area contributed by atoms with Crippen LogP contribution in [0.3, 0.4) is 0 Å². The molecule has 2 aromatic rings. The topological polar surface area (TPSA) is 29.9 Å². The average molecular weight is 269 g/mol. The van der Waals surface area contributed by atoms with Gasteiger partial charge in [0.2, 0.25) is 0 Å². The summed E-state index contributed by atoms with van der Waals surface area (Å²) in [6.07, 6.45) is 8.90. The van der Waals surface area contributed by atoms with Crippen molar-refractivity contribution in [1.29, 1.82) is 0 Å². The van der Waals surface area contributed by atoms with Gasteiger partial charge in [0.25, 0.3) is 0 Å². The molecule has 0 saturated heterocycles. The number of hydrogen-bond donors (Lipinski definition) is 1. The molecule has 3 rings (SSSR count). The molecule has 1 aliphatic carbocycles. The van der Waals surface area contributed by atoms with Gasteiger partial charge in [-0.25, -0.2) is 4.98 Å². The summed E-state index contributed by atoms with van der Waals surface area (Å²) < 4.78 is 2.32. The number of hydrogen-bond acceptors (Lipinski definition) is 2. The first-order valence-electron chi connectivity index (χ1n) is 7.61. The van der Waals surface area contributed by atoms with Gasteiger partial charge in [-0.3, -0.25) is 0 Å². The molecule has 106 valence electrons. The number of aryl methyl sites for hydroxylation is 1. The molecule has 0 radical (unpaired) electrons. The molecule has 1 atom stereocenters. The second-order valence-corrected chi connectivity index (χ2v) is 5.82. The van der Waals surface area contributed by atoms with Gasteiger partial charge in [-0.05, 0) is 38.2 Å². The van der Waals surface area contributed by atoms with Crippen LogP contribution in [0.25, 0.3) is 0 Å². The van der Waals surface area contributed by atoms with E-state index in [2.05, 4.69) is 52.1 Å². The van der Waals surface area contributed by atoms with Crippen LogP contribution in [0.5, 0.6) is 0 Å². The highest BCUT2D eigenvalue weighted by atomic mass is 15.1. The van der Waals surface area contributed by atoms with E-state index in [1.165, 1.54) is 24.1 Å². The molecule has 1 aromatic carbocycles. The zero-order chi connectivity index (χ0) is 13.8. The summed E-state index contributed by atoms with van der Waals surface area (Å²) in [4.78, 5) is 4.32. The van der Waals surface area contributed by atoms with Crippen LogP contribution in [0.15, 0.2) is 42.9 Å². The van der Waals surface area contributed by atoms with E-state index >= 15 is 0 Å². The zero-order valence-corrected chi connectivity index (χ0v) is 12.1. The summed E-state index contributed by atoms with van der Waals surface area (Å²) in [5.74, 6) is 0. The summed E-state index contributed by atoms with van der Waals surface area (Å²) in [5.41, 5.74) is 2.72. The van der Waals surface area contributed by atoms with Crippen molar-refractivity contribution in [2.24, 2.45) is 0 Å². The van der Waals surface area contributed by atoms with Gasteiger partial charge in [-0.1, -0.05) is 30.3 Å². The molecule has 1 N–H and O–H groups in total. The third kappa shape index (κ3) is 3.48. The molecule has 0 amide bonds. The van der Waals surface area contributed by atoms with Gasteiger partial charge in [0, 0.05) is 24.8 Å². The molecule has 0 aliphatic heterocycles. The van der Waals surface area contributed by atoms with Crippen molar-refractivity contribution in [2.45, 2.75) is 51.2 Å². The van der Waals surface area contributed by atoms with Crippen molar-refractivity contribution in [3.05, 3.63) is 54.1 Å². The van der Waals surface area contributed by atoms with Gasteiger partial charge in [0.1, 0.15) is 0 Å². The minimum Gasteiger partial charge on any atom is -0.331 e. The first-order valence-corrected chi connectivity index (χ1v) is 7.61. The summed E-state index contributed by atoms with van der Waals surface area (Å²) in [6.45, 7) is 3.23. The van der Waals surface area contributed by atoms with Crippen LogP contribution in [0.4, 0.5) is 0 Å². The summed E-state index contributed by atoms with van der Waals surface area (Å²) in [7, 11) is 0. The van der Waals surface area contributed by atoms with E-state index in [0.29, 0.717) is 6.04 Å². The predicted octanol–water partition coefficient (Wildman–Crippen LogP) is 3.33. The van der Waals surface area contributed by atoms with Crippen molar-refractivity contribution in [3.8, 4) is 0 Å². The van der Waals surface area contributed by atoms with Crippen LogP contribution in [-0.4, -0.2) is 15.6 Å². The highest BCUT2D eigenvalue weighted by molar-refractivity contribution is 5.14. The molecule has 3 nitrogen and oxygen atoms in total. The van der Waals surface area contributed by atoms with E-state index in [9.17, 15) is 0 Å². The highest BCUT2D eigenvalue weighted by Crippen LogP contribution is 2.21. The third-order valence-corrected chi connectivity index (χ3v) is 4.06. The number of benzene rings is 1. The maximum atomic E-state index is 4.32. The minimum atomic E-state index is 0.494. The Balaban J connectivity index is 1.56. The maximum absolute atomic E-state index is 4.32. The van der Waals surface area contributed by atoms with E-state index in [4.69, 9.17) is 0 Å². The van der Waals surface area contributed by atoms with Gasteiger partial charge in [-0.2, -0.15) is 0 Å². The van der Waals surface area contributed by atoms with E-state index in [1.54, 1.807) is 0 Å². The SMILES string of the molecule is CC(CCc1ccccc1)n1cncc1CNC1CC1. The number of nitrogens with one attached hydrogen (secondary N) is 1. The fraction of sp³-hybridized carbons (Fsp3) is 0.471. The first-order chi connectivity index (χ1) is 9.83. The lowest BCUT2D eigenvalue weighted by Crippen LogP contribution is -2.19. The summed E-state index contributed by atoms with van der Waals surface area (Å²) in [6, 6.07) is 12.0. The Labute approximate surface area is 121 Å². The van der Waals surface area contributed by atoms with Gasteiger partial charge in [0.05, 0.1) is 12.0 Å². The molecular formula is C17H23N3. The number of imidazole rings is 1. The largest absolute Gasteiger partial charge is 0.331 e. The molecule has 1 fully saturated rings. The quantitative estimate of drug-likeness (QED) is 0.835. The Morgan fingerprint density at radius 3 is 2.85 bits per heavy atom. The Morgan fingerprint density at radius 1 is 1.30 bits per heavy atom. The first kappa shape index (κ1) is 13.4. The number of aromatic nitrogens is 2. The fourth-order valence-electron chi connectivity index (χ4n) is 2.56. The lowest BCUT2D eigenvalue weighted by atomic mass is 10.1. The van der Waals surface area contributed by atoms with Crippen LogP contribution >= 0.6 is 0 Å². The lowest BCUT2D eigenvalue weighted by molar-refractivity contribution is 0.481. The second kappa shape index (κ2) is 6.23. The van der Waals surface area contributed by atoms with E-state index in [1.807, 2.05) is 12.5 Å². The van der Waals surface area contributed by atoms with Gasteiger partial charge in [0.15, 0.2) is 0 Å². The predicted molar refractivity (Wildman–Crippen MR) is 81.6 cm³/mol. The summed E-state index contributed by atoms with van der Waals surface area (Å²) >= 11 is 0. The minimum absolute atomic E-state index is 0.494. The smallest absolute Gasteiger partial charge is 0.0951 e. The maximum Gasteiger partial charge on any atom is 0.0951 e. The monoisotopic (exact) mass is 269 g/mol. The van der Waals surface area contributed by atoms with Crippen molar-refractivity contribution >= 4 is 0 Å². The molecule has 0 bridgehead atoms. The van der Waals surface area contributed by atoms with Crippen molar-refractivity contribution in [2.75, 3.05) is 0 Å². The molecule has 1 heterocycles. The Morgan fingerprint density at radius 2 is 2.10 bits per heavy atom. The van der Waals surface area contributed by atoms with Gasteiger partial charge in [-0.15, -0.1) is 0 Å². The Bertz CT molecular complexity index is 528. The van der Waals surface area contributed by atoms with Crippen molar-refractivity contribution in [1.82, 2.24) is 14.9 Å². The van der Waals surface area contributed by atoms with E-state index in [0.717, 1.165) is 25.4 Å². The molecule has 0 spiro atoms. The van der Waals surface area contributed by atoms with Gasteiger partial charge >= 0.3 is 0 Å². The molecule has 1 aliphatic rings. The number of nitrogens with zero attached hydrogens (tertiary/aromatic N) is 2. The van der Waals surface area contributed by atoms with Crippen LogP contribution in [0, 0.1) is 0 Å². The van der Waals surface area contributed by atoms with Crippen LogP contribution in [-0.2, 0) is 13.0 Å². The van der Waals surface area contributed by atoms with Crippen molar-refractivity contribution < 1.29 is 0 Å². The van der Waals surface area contributed by atoms with E-state index < -0.39 is 0 Å². The van der Waals surface area contributed by atoms with Gasteiger partial charge < -0.3 is 9.88 Å². The molecule has 1 unspecified atom stereocenters. The Kier molecular flexibility index (Phi) is 4.16. The van der Waals surface area contributed by atoms with E-state index in [-0.39, 0.29) is 0 Å². The highest BCUT2D eigenvalue weighted by Gasteiger charge is 2.21.